The molecular formula is C45H25N3O2S. The normalized spacial score (nSPS) is 11.9. The predicted octanol–water partition coefficient (Wildman–Crippen LogP) is 12.7. The van der Waals surface area contributed by atoms with Crippen LogP contribution in [0.2, 0.25) is 0 Å². The van der Waals surface area contributed by atoms with Crippen LogP contribution in [0.25, 0.3) is 109 Å². The van der Waals surface area contributed by atoms with Gasteiger partial charge in [-0.15, -0.1) is 11.3 Å². The molecule has 7 aromatic carbocycles. The highest BCUT2D eigenvalue weighted by Crippen LogP contribution is 2.43. The fourth-order valence-corrected chi connectivity index (χ4v) is 8.54. The van der Waals surface area contributed by atoms with E-state index in [0.717, 1.165) is 77.1 Å². The minimum Gasteiger partial charge on any atom is -0.455 e. The van der Waals surface area contributed by atoms with Gasteiger partial charge in [0.05, 0.1) is 0 Å². The first-order chi connectivity index (χ1) is 25.3. The summed E-state index contributed by atoms with van der Waals surface area (Å²) < 4.78 is 15.6. The molecule has 0 saturated carbocycles. The number of rotatable bonds is 4. The minimum absolute atomic E-state index is 0.588. The number of furan rings is 2. The molecule has 4 aromatic heterocycles. The predicted molar refractivity (Wildman–Crippen MR) is 209 cm³/mol. The van der Waals surface area contributed by atoms with E-state index in [-0.39, 0.29) is 0 Å². The smallest absolute Gasteiger partial charge is 0.164 e. The largest absolute Gasteiger partial charge is 0.455 e. The standard InChI is InChI=1S/C45H25N3O2S/c1-2-11-26(12-3-1)43-46-44(48-45(47-43)35-19-10-22-39-40(35)34-14-5-7-21-38(34)51-39)27-23-24-29-31-16-9-18-33(42(31)50-37(29)25-27)32-17-8-15-30-28-13-4-6-20-36(28)49-41(30)32/h1-25H. The van der Waals surface area contributed by atoms with E-state index >= 15 is 0 Å². The van der Waals surface area contributed by atoms with Gasteiger partial charge in [-0.2, -0.15) is 0 Å². The summed E-state index contributed by atoms with van der Waals surface area (Å²) in [5.41, 5.74) is 8.06. The zero-order valence-electron chi connectivity index (χ0n) is 27.0. The fraction of sp³-hybridized carbons (Fsp3) is 0. The number of aromatic nitrogens is 3. The first-order valence-corrected chi connectivity index (χ1v) is 17.7. The molecule has 4 heterocycles. The molecule has 6 heteroatoms. The van der Waals surface area contributed by atoms with Crippen molar-refractivity contribution in [2.24, 2.45) is 0 Å². The first kappa shape index (κ1) is 28.2. The number of nitrogens with zero attached hydrogens (tertiary/aromatic N) is 3. The SMILES string of the molecule is c1ccc(-c2nc(-c3ccc4c(c3)oc3c(-c5cccc6c5oc5ccccc56)cccc34)nc(-c3cccc4sc5ccccc5c34)n2)cc1. The summed E-state index contributed by atoms with van der Waals surface area (Å²) in [5.74, 6) is 1.85. The Morgan fingerprint density at radius 1 is 0.373 bits per heavy atom. The lowest BCUT2D eigenvalue weighted by Crippen LogP contribution is -2.00. The monoisotopic (exact) mass is 671 g/mol. The second-order valence-corrected chi connectivity index (χ2v) is 13.8. The Bertz CT molecular complexity index is 3160. The van der Waals surface area contributed by atoms with Crippen LogP contribution in [0.4, 0.5) is 0 Å². The van der Waals surface area contributed by atoms with Crippen LogP contribution in [0.5, 0.6) is 0 Å². The lowest BCUT2D eigenvalue weighted by molar-refractivity contribution is 0.665. The molecule has 5 nitrogen and oxygen atoms in total. The number of benzene rings is 7. The highest BCUT2D eigenvalue weighted by atomic mass is 32.1. The summed E-state index contributed by atoms with van der Waals surface area (Å²) in [6.07, 6.45) is 0. The van der Waals surface area contributed by atoms with Crippen molar-refractivity contribution in [2.75, 3.05) is 0 Å². The van der Waals surface area contributed by atoms with E-state index in [0.29, 0.717) is 17.5 Å². The molecule has 238 valence electrons. The Morgan fingerprint density at radius 2 is 0.941 bits per heavy atom. The van der Waals surface area contributed by atoms with Crippen LogP contribution in [0, 0.1) is 0 Å². The van der Waals surface area contributed by atoms with Crippen molar-refractivity contribution in [3.8, 4) is 45.3 Å². The Morgan fingerprint density at radius 3 is 1.75 bits per heavy atom. The summed E-state index contributed by atoms with van der Waals surface area (Å²) in [6, 6.07) is 52.0. The molecule has 0 bridgehead atoms. The molecule has 0 saturated heterocycles. The Labute approximate surface area is 295 Å². The van der Waals surface area contributed by atoms with E-state index < -0.39 is 0 Å². The van der Waals surface area contributed by atoms with Gasteiger partial charge in [0.25, 0.3) is 0 Å². The molecule has 0 amide bonds. The quantitative estimate of drug-likeness (QED) is 0.186. The van der Waals surface area contributed by atoms with Gasteiger partial charge >= 0.3 is 0 Å². The van der Waals surface area contributed by atoms with Crippen molar-refractivity contribution in [1.29, 1.82) is 0 Å². The molecule has 0 spiro atoms. The molecule has 0 unspecified atom stereocenters. The summed E-state index contributed by atoms with van der Waals surface area (Å²) in [7, 11) is 0. The maximum Gasteiger partial charge on any atom is 0.164 e. The maximum atomic E-state index is 6.74. The van der Waals surface area contributed by atoms with Gasteiger partial charge < -0.3 is 8.83 Å². The summed E-state index contributed by atoms with van der Waals surface area (Å²) in [5, 5.41) is 6.62. The van der Waals surface area contributed by atoms with E-state index in [2.05, 4.69) is 103 Å². The van der Waals surface area contributed by atoms with Crippen LogP contribution in [0.15, 0.2) is 160 Å². The lowest BCUT2D eigenvalue weighted by Gasteiger charge is -2.09. The number of thiophene rings is 1. The summed E-state index contributed by atoms with van der Waals surface area (Å²) in [4.78, 5) is 15.3. The van der Waals surface area contributed by atoms with Gasteiger partial charge in [-0.25, -0.2) is 15.0 Å². The van der Waals surface area contributed by atoms with E-state index in [9.17, 15) is 0 Å². The molecule has 0 atom stereocenters. The number of fused-ring (bicyclic) bond motifs is 9. The Balaban J connectivity index is 1.11. The Hall–Kier alpha value is -6.63. The third-order valence-corrected chi connectivity index (χ3v) is 10.9. The summed E-state index contributed by atoms with van der Waals surface area (Å²) >= 11 is 1.79. The van der Waals surface area contributed by atoms with Crippen molar-refractivity contribution >= 4 is 75.4 Å². The molecule has 0 aliphatic carbocycles. The average molecular weight is 672 g/mol. The third-order valence-electron chi connectivity index (χ3n) is 9.76. The van der Waals surface area contributed by atoms with E-state index in [1.807, 2.05) is 48.5 Å². The highest BCUT2D eigenvalue weighted by molar-refractivity contribution is 7.25. The van der Waals surface area contributed by atoms with Crippen molar-refractivity contribution < 1.29 is 8.83 Å². The van der Waals surface area contributed by atoms with Gasteiger partial charge in [0.2, 0.25) is 0 Å². The molecule has 0 fully saturated rings. The van der Waals surface area contributed by atoms with Crippen molar-refractivity contribution in [1.82, 2.24) is 15.0 Å². The number of para-hydroxylation sites is 3. The maximum absolute atomic E-state index is 6.74. The number of hydrogen-bond donors (Lipinski definition) is 0. The topological polar surface area (TPSA) is 65.0 Å². The van der Waals surface area contributed by atoms with Gasteiger partial charge in [0.1, 0.15) is 22.3 Å². The molecule has 0 N–H and O–H groups in total. The molecule has 0 aliphatic rings. The molecule has 11 aromatic rings. The highest BCUT2D eigenvalue weighted by Gasteiger charge is 2.20. The third kappa shape index (κ3) is 4.37. The lowest BCUT2D eigenvalue weighted by atomic mass is 10.00. The second-order valence-electron chi connectivity index (χ2n) is 12.7. The van der Waals surface area contributed by atoms with Crippen LogP contribution in [0.3, 0.4) is 0 Å². The molecular weight excluding hydrogens is 647 g/mol. The van der Waals surface area contributed by atoms with Crippen molar-refractivity contribution in [3.63, 3.8) is 0 Å². The van der Waals surface area contributed by atoms with Crippen LogP contribution < -0.4 is 0 Å². The second kappa shape index (κ2) is 10.9. The minimum atomic E-state index is 0.588. The van der Waals surface area contributed by atoms with Gasteiger partial charge in [-0.3, -0.25) is 0 Å². The zero-order chi connectivity index (χ0) is 33.5. The van der Waals surface area contributed by atoms with E-state index in [4.69, 9.17) is 23.8 Å². The van der Waals surface area contributed by atoms with Gasteiger partial charge in [0, 0.05) is 69.5 Å². The van der Waals surface area contributed by atoms with Crippen LogP contribution >= 0.6 is 11.3 Å². The van der Waals surface area contributed by atoms with Crippen LogP contribution in [-0.4, -0.2) is 15.0 Å². The van der Waals surface area contributed by atoms with Crippen molar-refractivity contribution in [2.45, 2.75) is 0 Å². The fourth-order valence-electron chi connectivity index (χ4n) is 7.41. The molecule has 0 aliphatic heterocycles. The van der Waals surface area contributed by atoms with E-state index in [1.165, 1.54) is 14.8 Å². The van der Waals surface area contributed by atoms with Gasteiger partial charge in [-0.1, -0.05) is 121 Å². The summed E-state index contributed by atoms with van der Waals surface area (Å²) in [6.45, 7) is 0. The van der Waals surface area contributed by atoms with Gasteiger partial charge in [0.15, 0.2) is 17.5 Å². The molecule has 51 heavy (non-hydrogen) atoms. The van der Waals surface area contributed by atoms with Crippen molar-refractivity contribution in [3.05, 3.63) is 152 Å². The number of hydrogen-bond acceptors (Lipinski definition) is 6. The van der Waals surface area contributed by atoms with Crippen LogP contribution in [0.1, 0.15) is 0 Å². The van der Waals surface area contributed by atoms with Gasteiger partial charge in [-0.05, 0) is 30.3 Å². The average Bonchev–Trinajstić information content (AvgIpc) is 3.89. The van der Waals surface area contributed by atoms with Crippen LogP contribution in [-0.2, 0) is 0 Å². The first-order valence-electron chi connectivity index (χ1n) is 16.9. The Kier molecular flexibility index (Phi) is 6.05. The molecule has 0 radical (unpaired) electrons. The molecule has 11 rings (SSSR count). The zero-order valence-corrected chi connectivity index (χ0v) is 27.8. The van der Waals surface area contributed by atoms with E-state index in [1.54, 1.807) is 11.3 Å².